The number of amidine groups is 1. The standard InChI is InChI=1S/C36H33N3O3/c1-36(2,28-11-4-3-5-12-28)29-15-17-30(18-16-29)41-23-25-9-8-10-26(21-25)24-42-33-19-14-27(35(37)38)22-31(33)34(40)32-13-6-7-20-39-32/h3-22H,23-24H2,1-2H3,(H3,37,38). The summed E-state index contributed by atoms with van der Waals surface area (Å²) in [6, 6.07) is 36.8. The fourth-order valence-corrected chi connectivity index (χ4v) is 4.76. The van der Waals surface area contributed by atoms with Gasteiger partial charge in [-0.3, -0.25) is 15.2 Å². The van der Waals surface area contributed by atoms with Crippen LogP contribution in [-0.2, 0) is 18.6 Å². The molecule has 0 bridgehead atoms. The van der Waals surface area contributed by atoms with Gasteiger partial charge >= 0.3 is 0 Å². The van der Waals surface area contributed by atoms with Crippen molar-refractivity contribution in [2.45, 2.75) is 32.5 Å². The predicted octanol–water partition coefficient (Wildman–Crippen LogP) is 7.08. The molecule has 0 fully saturated rings. The van der Waals surface area contributed by atoms with Crippen LogP contribution >= 0.6 is 0 Å². The first-order chi connectivity index (χ1) is 20.3. The fourth-order valence-electron chi connectivity index (χ4n) is 4.76. The quantitative estimate of drug-likeness (QED) is 0.103. The molecule has 0 saturated carbocycles. The van der Waals surface area contributed by atoms with Gasteiger partial charge in [-0.15, -0.1) is 0 Å². The molecule has 0 aliphatic heterocycles. The average molecular weight is 556 g/mol. The molecule has 42 heavy (non-hydrogen) atoms. The molecular formula is C36H33N3O3. The van der Waals surface area contributed by atoms with Crippen molar-refractivity contribution in [1.82, 2.24) is 4.98 Å². The highest BCUT2D eigenvalue weighted by Crippen LogP contribution is 2.32. The minimum atomic E-state index is -0.297. The van der Waals surface area contributed by atoms with Gasteiger partial charge in [-0.05, 0) is 70.8 Å². The Balaban J connectivity index is 1.25. The van der Waals surface area contributed by atoms with Gasteiger partial charge in [0.05, 0.1) is 5.56 Å². The number of benzene rings is 4. The van der Waals surface area contributed by atoms with E-state index < -0.39 is 0 Å². The van der Waals surface area contributed by atoms with E-state index in [1.54, 1.807) is 42.6 Å². The molecule has 3 N–H and O–H groups in total. The van der Waals surface area contributed by atoms with Crippen LogP contribution in [0.1, 0.15) is 57.7 Å². The van der Waals surface area contributed by atoms with Crippen molar-refractivity contribution in [1.29, 1.82) is 5.41 Å². The number of carbonyl (C=O) groups is 1. The molecule has 4 aromatic carbocycles. The van der Waals surface area contributed by atoms with Crippen molar-refractivity contribution in [3.8, 4) is 11.5 Å². The summed E-state index contributed by atoms with van der Waals surface area (Å²) < 4.78 is 12.2. The number of pyridine rings is 1. The SMILES string of the molecule is CC(C)(c1ccccc1)c1ccc(OCc2cccc(COc3ccc(C(=N)N)cc3C(=O)c3ccccn3)c2)cc1. The first kappa shape index (κ1) is 28.3. The van der Waals surface area contributed by atoms with E-state index >= 15 is 0 Å². The lowest BCUT2D eigenvalue weighted by Crippen LogP contribution is -2.18. The molecule has 5 aromatic rings. The van der Waals surface area contributed by atoms with E-state index in [4.69, 9.17) is 20.6 Å². The first-order valence-corrected chi connectivity index (χ1v) is 13.7. The van der Waals surface area contributed by atoms with Gasteiger partial charge < -0.3 is 15.2 Å². The van der Waals surface area contributed by atoms with Crippen LogP contribution in [0.3, 0.4) is 0 Å². The fraction of sp³-hybridized carbons (Fsp3) is 0.139. The summed E-state index contributed by atoms with van der Waals surface area (Å²) in [5.74, 6) is 0.774. The van der Waals surface area contributed by atoms with Crippen molar-refractivity contribution < 1.29 is 14.3 Å². The van der Waals surface area contributed by atoms with Gasteiger partial charge in [-0.25, -0.2) is 0 Å². The molecule has 0 atom stereocenters. The molecule has 0 aliphatic carbocycles. The van der Waals surface area contributed by atoms with Crippen LogP contribution < -0.4 is 15.2 Å². The average Bonchev–Trinajstić information content (AvgIpc) is 3.03. The van der Waals surface area contributed by atoms with Crippen LogP contribution in [0, 0.1) is 5.41 Å². The zero-order valence-electron chi connectivity index (χ0n) is 23.7. The minimum Gasteiger partial charge on any atom is -0.489 e. The Bertz CT molecular complexity index is 1680. The largest absolute Gasteiger partial charge is 0.489 e. The van der Waals surface area contributed by atoms with E-state index in [2.05, 4.69) is 55.2 Å². The third kappa shape index (κ3) is 6.56. The second kappa shape index (κ2) is 12.5. The maximum Gasteiger partial charge on any atom is 0.215 e. The smallest absolute Gasteiger partial charge is 0.215 e. The Morgan fingerprint density at radius 3 is 2.10 bits per heavy atom. The van der Waals surface area contributed by atoms with Gasteiger partial charge in [0.2, 0.25) is 5.78 Å². The van der Waals surface area contributed by atoms with Crippen molar-refractivity contribution in [3.05, 3.63) is 161 Å². The molecule has 0 saturated heterocycles. The van der Waals surface area contributed by atoms with Gasteiger partial charge in [0.15, 0.2) is 0 Å². The number of ketones is 1. The summed E-state index contributed by atoms with van der Waals surface area (Å²) in [6.07, 6.45) is 1.57. The summed E-state index contributed by atoms with van der Waals surface area (Å²) >= 11 is 0. The second-order valence-electron chi connectivity index (χ2n) is 10.6. The summed E-state index contributed by atoms with van der Waals surface area (Å²) in [7, 11) is 0. The van der Waals surface area contributed by atoms with Gasteiger partial charge in [0.1, 0.15) is 36.2 Å². The molecule has 5 rings (SSSR count). The van der Waals surface area contributed by atoms with E-state index in [1.807, 2.05) is 42.5 Å². The van der Waals surface area contributed by atoms with Gasteiger partial charge in [0, 0.05) is 17.2 Å². The van der Waals surface area contributed by atoms with Crippen molar-refractivity contribution in [2.75, 3.05) is 0 Å². The summed E-state index contributed by atoms with van der Waals surface area (Å²) in [6.45, 7) is 5.10. The number of carbonyl (C=O) groups excluding carboxylic acids is 1. The predicted molar refractivity (Wildman–Crippen MR) is 165 cm³/mol. The number of ether oxygens (including phenoxy) is 2. The lowest BCUT2D eigenvalue weighted by Gasteiger charge is -2.26. The van der Waals surface area contributed by atoms with Crippen LogP contribution in [0.4, 0.5) is 0 Å². The molecule has 6 heteroatoms. The highest BCUT2D eigenvalue weighted by atomic mass is 16.5. The third-order valence-corrected chi connectivity index (χ3v) is 7.30. The first-order valence-electron chi connectivity index (χ1n) is 13.7. The van der Waals surface area contributed by atoms with Crippen LogP contribution in [0.15, 0.2) is 121 Å². The lowest BCUT2D eigenvalue weighted by molar-refractivity contribution is 0.103. The van der Waals surface area contributed by atoms with Gasteiger partial charge in [0.25, 0.3) is 0 Å². The molecule has 0 aliphatic rings. The molecule has 1 heterocycles. The molecular weight excluding hydrogens is 522 g/mol. The maximum atomic E-state index is 13.2. The zero-order chi connectivity index (χ0) is 29.5. The highest BCUT2D eigenvalue weighted by molar-refractivity contribution is 6.11. The Hall–Kier alpha value is -5.23. The van der Waals surface area contributed by atoms with E-state index in [-0.39, 0.29) is 23.6 Å². The molecule has 6 nitrogen and oxygen atoms in total. The highest BCUT2D eigenvalue weighted by Gasteiger charge is 2.22. The van der Waals surface area contributed by atoms with Crippen LogP contribution in [0.25, 0.3) is 0 Å². The number of nitrogens with two attached hydrogens (primary N) is 1. The summed E-state index contributed by atoms with van der Waals surface area (Å²) in [4.78, 5) is 17.4. The molecule has 0 spiro atoms. The minimum absolute atomic E-state index is 0.109. The maximum absolute atomic E-state index is 13.2. The number of aromatic nitrogens is 1. The number of rotatable bonds is 11. The molecule has 210 valence electrons. The number of nitrogen functional groups attached to an aromatic ring is 1. The van der Waals surface area contributed by atoms with E-state index in [1.165, 1.54) is 11.1 Å². The van der Waals surface area contributed by atoms with Crippen LogP contribution in [-0.4, -0.2) is 16.6 Å². The van der Waals surface area contributed by atoms with E-state index in [9.17, 15) is 4.79 Å². The third-order valence-electron chi connectivity index (χ3n) is 7.30. The number of hydrogen-bond acceptors (Lipinski definition) is 5. The van der Waals surface area contributed by atoms with Crippen molar-refractivity contribution >= 4 is 11.6 Å². The Labute approximate surface area is 246 Å². The van der Waals surface area contributed by atoms with E-state index in [0.717, 1.165) is 16.9 Å². The molecule has 0 amide bonds. The molecule has 0 unspecified atom stereocenters. The van der Waals surface area contributed by atoms with Crippen LogP contribution in [0.5, 0.6) is 11.5 Å². The van der Waals surface area contributed by atoms with Crippen molar-refractivity contribution in [2.24, 2.45) is 5.73 Å². The zero-order valence-corrected chi connectivity index (χ0v) is 23.7. The lowest BCUT2D eigenvalue weighted by atomic mass is 9.78. The molecule has 0 radical (unpaired) electrons. The monoisotopic (exact) mass is 555 g/mol. The topological polar surface area (TPSA) is 98.3 Å². The van der Waals surface area contributed by atoms with Crippen molar-refractivity contribution in [3.63, 3.8) is 0 Å². The number of nitrogens with zero attached hydrogens (tertiary/aromatic N) is 1. The van der Waals surface area contributed by atoms with Crippen LogP contribution in [0.2, 0.25) is 0 Å². The Morgan fingerprint density at radius 2 is 1.43 bits per heavy atom. The van der Waals surface area contributed by atoms with Gasteiger partial charge in [-0.1, -0.05) is 80.6 Å². The van der Waals surface area contributed by atoms with E-state index in [0.29, 0.717) is 29.2 Å². The molecule has 1 aromatic heterocycles. The Morgan fingerprint density at radius 1 is 0.762 bits per heavy atom. The van der Waals surface area contributed by atoms with Gasteiger partial charge in [-0.2, -0.15) is 0 Å². The summed E-state index contributed by atoms with van der Waals surface area (Å²) in [5.41, 5.74) is 11.0. The second-order valence-corrected chi connectivity index (χ2v) is 10.6. The Kier molecular flexibility index (Phi) is 8.44. The number of hydrogen-bond donors (Lipinski definition) is 2. The normalized spacial score (nSPS) is 11.1. The number of nitrogens with one attached hydrogen (secondary N) is 1. The summed E-state index contributed by atoms with van der Waals surface area (Å²) in [5, 5.41) is 7.78.